The van der Waals surface area contributed by atoms with Crippen molar-refractivity contribution in [3.8, 4) is 0 Å². The molecule has 1 aromatic rings. The van der Waals surface area contributed by atoms with Crippen LogP contribution in [0.1, 0.15) is 37.8 Å². The lowest BCUT2D eigenvalue weighted by molar-refractivity contribution is 0.298. The number of sulfonamides is 1. The van der Waals surface area contributed by atoms with Crippen molar-refractivity contribution in [2.45, 2.75) is 44.1 Å². The van der Waals surface area contributed by atoms with E-state index in [0.717, 1.165) is 37.8 Å². The van der Waals surface area contributed by atoms with Gasteiger partial charge in [-0.05, 0) is 25.0 Å². The first-order valence-electron chi connectivity index (χ1n) is 7.03. The van der Waals surface area contributed by atoms with E-state index < -0.39 is 15.6 Å². The summed E-state index contributed by atoms with van der Waals surface area (Å²) >= 11 is 6.02. The molecule has 1 fully saturated rings. The lowest BCUT2D eigenvalue weighted by Gasteiger charge is -2.36. The molecule has 0 radical (unpaired) electrons. The highest BCUT2D eigenvalue weighted by Gasteiger charge is 2.34. The molecule has 0 saturated heterocycles. The van der Waals surface area contributed by atoms with E-state index in [1.54, 1.807) is 6.20 Å². The third-order valence-corrected chi connectivity index (χ3v) is 5.79. The maximum Gasteiger partial charge on any atom is 0.212 e. The predicted molar refractivity (Wildman–Crippen MR) is 81.4 cm³/mol. The Labute approximate surface area is 126 Å². The highest BCUT2D eigenvalue weighted by molar-refractivity contribution is 7.89. The van der Waals surface area contributed by atoms with Gasteiger partial charge in [-0.25, -0.2) is 13.1 Å². The molecule has 1 aliphatic rings. The Hall–Kier alpha value is -0.650. The number of halogens is 1. The van der Waals surface area contributed by atoms with Crippen molar-refractivity contribution < 1.29 is 8.42 Å². The highest BCUT2D eigenvalue weighted by atomic mass is 35.5. The smallest absolute Gasteiger partial charge is 0.212 e. The second-order valence-corrected chi connectivity index (χ2v) is 7.58. The number of hydrogen-bond acceptors (Lipinski definition) is 3. The van der Waals surface area contributed by atoms with Gasteiger partial charge in [-0.2, -0.15) is 0 Å². The first-order chi connectivity index (χ1) is 9.55. The standard InChI is InChI=1S/C14H21ClN2O2S/c15-12-14(8-3-1-4-9-14)17-20(18,19)11-7-13-6-2-5-10-16-13/h2,5-6,10,17H,1,3-4,7-9,11-12H2. The summed E-state index contributed by atoms with van der Waals surface area (Å²) in [5, 5.41) is 0. The number of hydrogen-bond donors (Lipinski definition) is 1. The van der Waals surface area contributed by atoms with Gasteiger partial charge in [0.25, 0.3) is 0 Å². The second-order valence-electron chi connectivity index (χ2n) is 5.47. The van der Waals surface area contributed by atoms with E-state index in [1.165, 1.54) is 0 Å². The molecule has 1 aromatic heterocycles. The summed E-state index contributed by atoms with van der Waals surface area (Å²) < 4.78 is 27.3. The summed E-state index contributed by atoms with van der Waals surface area (Å²) in [4.78, 5) is 4.15. The van der Waals surface area contributed by atoms with Crippen molar-refractivity contribution in [2.24, 2.45) is 0 Å². The average molecular weight is 317 g/mol. The first kappa shape index (κ1) is 15.7. The molecule has 1 heterocycles. The summed E-state index contributed by atoms with van der Waals surface area (Å²) in [6, 6.07) is 5.53. The van der Waals surface area contributed by atoms with Gasteiger partial charge in [-0.3, -0.25) is 4.98 Å². The fraction of sp³-hybridized carbons (Fsp3) is 0.643. The van der Waals surface area contributed by atoms with E-state index in [2.05, 4.69) is 9.71 Å². The third-order valence-electron chi connectivity index (χ3n) is 3.79. The Balaban J connectivity index is 1.96. The topological polar surface area (TPSA) is 59.1 Å². The van der Waals surface area contributed by atoms with E-state index in [9.17, 15) is 8.42 Å². The molecule has 0 bridgehead atoms. The summed E-state index contributed by atoms with van der Waals surface area (Å²) in [6.45, 7) is 0. The van der Waals surface area contributed by atoms with Crippen LogP contribution in [0.4, 0.5) is 0 Å². The van der Waals surface area contributed by atoms with Crippen LogP contribution >= 0.6 is 11.6 Å². The lowest BCUT2D eigenvalue weighted by atomic mass is 9.84. The van der Waals surface area contributed by atoms with Crippen molar-refractivity contribution >= 4 is 21.6 Å². The number of pyridine rings is 1. The van der Waals surface area contributed by atoms with Gasteiger partial charge >= 0.3 is 0 Å². The maximum atomic E-state index is 12.2. The second kappa shape index (κ2) is 6.87. The van der Waals surface area contributed by atoms with Gasteiger partial charge in [0.05, 0.1) is 5.75 Å². The molecule has 0 aliphatic heterocycles. The van der Waals surface area contributed by atoms with Gasteiger partial charge in [-0.1, -0.05) is 25.3 Å². The molecule has 4 nitrogen and oxygen atoms in total. The molecule has 1 saturated carbocycles. The van der Waals surface area contributed by atoms with Crippen LogP contribution in [-0.4, -0.2) is 30.6 Å². The Bertz CT molecular complexity index is 513. The summed E-state index contributed by atoms with van der Waals surface area (Å²) in [7, 11) is -3.32. The number of aryl methyl sites for hydroxylation is 1. The van der Waals surface area contributed by atoms with Crippen molar-refractivity contribution in [3.05, 3.63) is 30.1 Å². The van der Waals surface area contributed by atoms with Gasteiger partial charge in [0.2, 0.25) is 10.0 Å². The lowest BCUT2D eigenvalue weighted by Crippen LogP contribution is -2.52. The Kier molecular flexibility index (Phi) is 5.41. The molecule has 0 amide bonds. The number of nitrogens with one attached hydrogen (secondary N) is 1. The molecule has 2 rings (SSSR count). The summed E-state index contributed by atoms with van der Waals surface area (Å²) in [6.07, 6.45) is 7.00. The largest absolute Gasteiger partial charge is 0.261 e. The normalized spacial score (nSPS) is 18.9. The molecule has 0 atom stereocenters. The van der Waals surface area contributed by atoms with Crippen LogP contribution in [0, 0.1) is 0 Å². The molecule has 6 heteroatoms. The molecule has 0 spiro atoms. The van der Waals surface area contributed by atoms with Gasteiger partial charge < -0.3 is 0 Å². The fourth-order valence-corrected chi connectivity index (χ4v) is 4.59. The molecule has 1 aliphatic carbocycles. The zero-order chi connectivity index (χ0) is 14.5. The highest BCUT2D eigenvalue weighted by Crippen LogP contribution is 2.30. The number of nitrogens with zero attached hydrogens (tertiary/aromatic N) is 1. The Morgan fingerprint density at radius 1 is 1.25 bits per heavy atom. The number of aromatic nitrogens is 1. The third kappa shape index (κ3) is 4.43. The molecule has 20 heavy (non-hydrogen) atoms. The van der Waals surface area contributed by atoms with Gasteiger partial charge in [0, 0.05) is 29.7 Å². The van der Waals surface area contributed by atoms with E-state index >= 15 is 0 Å². The van der Waals surface area contributed by atoms with Gasteiger partial charge in [-0.15, -0.1) is 11.6 Å². The summed E-state index contributed by atoms with van der Waals surface area (Å²) in [5.74, 6) is 0.401. The Morgan fingerprint density at radius 3 is 2.60 bits per heavy atom. The number of alkyl halides is 1. The van der Waals surface area contributed by atoms with E-state index in [0.29, 0.717) is 12.3 Å². The maximum absolute atomic E-state index is 12.2. The minimum Gasteiger partial charge on any atom is -0.261 e. The van der Waals surface area contributed by atoms with Crippen LogP contribution in [0.25, 0.3) is 0 Å². The average Bonchev–Trinajstić information content (AvgIpc) is 2.47. The fourth-order valence-electron chi connectivity index (χ4n) is 2.66. The molecule has 0 unspecified atom stereocenters. The summed E-state index contributed by atoms with van der Waals surface area (Å²) in [5.41, 5.74) is 0.351. The van der Waals surface area contributed by atoms with Crippen molar-refractivity contribution in [3.63, 3.8) is 0 Å². The minimum atomic E-state index is -3.32. The monoisotopic (exact) mass is 316 g/mol. The zero-order valence-electron chi connectivity index (χ0n) is 11.5. The van der Waals surface area contributed by atoms with Crippen LogP contribution in [0.5, 0.6) is 0 Å². The predicted octanol–water partition coefficient (Wildman–Crippen LogP) is 2.49. The van der Waals surface area contributed by atoms with Crippen LogP contribution in [0.2, 0.25) is 0 Å². The van der Waals surface area contributed by atoms with Gasteiger partial charge in [0.15, 0.2) is 0 Å². The van der Waals surface area contributed by atoms with Crippen molar-refractivity contribution in [1.82, 2.24) is 9.71 Å². The Morgan fingerprint density at radius 2 is 2.00 bits per heavy atom. The minimum absolute atomic E-state index is 0.0582. The molecular weight excluding hydrogens is 296 g/mol. The SMILES string of the molecule is O=S(=O)(CCc1ccccn1)NC1(CCl)CCCCC1. The van der Waals surface area contributed by atoms with Crippen LogP contribution in [-0.2, 0) is 16.4 Å². The van der Waals surface area contributed by atoms with Crippen molar-refractivity contribution in [1.29, 1.82) is 0 Å². The van der Waals surface area contributed by atoms with Crippen LogP contribution in [0.15, 0.2) is 24.4 Å². The zero-order valence-corrected chi connectivity index (χ0v) is 13.1. The molecular formula is C14H21ClN2O2S. The van der Waals surface area contributed by atoms with E-state index in [1.807, 2.05) is 18.2 Å². The van der Waals surface area contributed by atoms with E-state index in [4.69, 9.17) is 11.6 Å². The quantitative estimate of drug-likeness (QED) is 0.820. The molecule has 0 aromatic carbocycles. The molecule has 1 N–H and O–H groups in total. The van der Waals surface area contributed by atoms with Crippen LogP contribution < -0.4 is 4.72 Å². The van der Waals surface area contributed by atoms with Gasteiger partial charge in [0.1, 0.15) is 0 Å². The first-order valence-corrected chi connectivity index (χ1v) is 9.21. The molecule has 112 valence electrons. The number of rotatable bonds is 6. The van der Waals surface area contributed by atoms with Crippen LogP contribution in [0.3, 0.4) is 0 Å². The van der Waals surface area contributed by atoms with E-state index in [-0.39, 0.29) is 5.75 Å². The van der Waals surface area contributed by atoms with Crippen molar-refractivity contribution in [2.75, 3.05) is 11.6 Å².